The molecule has 3 nitrogen and oxygen atoms in total. The number of likely N-dealkylation sites (N-methyl/N-ethyl adjacent to an activating group) is 1. The predicted molar refractivity (Wildman–Crippen MR) is 69.9 cm³/mol. The van der Waals surface area contributed by atoms with Gasteiger partial charge in [-0.25, -0.2) is 4.98 Å². The number of rotatable bonds is 4. The lowest BCUT2D eigenvalue weighted by Crippen LogP contribution is -2.22. The van der Waals surface area contributed by atoms with E-state index in [1.54, 1.807) is 17.5 Å². The average molecular weight is 233 g/mol. The fourth-order valence-electron chi connectivity index (χ4n) is 1.57. The van der Waals surface area contributed by atoms with Gasteiger partial charge in [-0.3, -0.25) is 0 Å². The summed E-state index contributed by atoms with van der Waals surface area (Å²) in [6, 6.07) is 7.96. The fraction of sp³-hybridized carbons (Fsp3) is 0.250. The second-order valence-electron chi connectivity index (χ2n) is 3.67. The summed E-state index contributed by atoms with van der Waals surface area (Å²) < 4.78 is 0. The van der Waals surface area contributed by atoms with Crippen molar-refractivity contribution in [3.63, 3.8) is 0 Å². The van der Waals surface area contributed by atoms with Crippen LogP contribution in [0.5, 0.6) is 0 Å². The Morgan fingerprint density at radius 1 is 1.38 bits per heavy atom. The molecule has 0 aromatic carbocycles. The van der Waals surface area contributed by atoms with Crippen molar-refractivity contribution in [2.45, 2.75) is 6.42 Å². The molecular formula is C12H15N3S. The third-order valence-electron chi connectivity index (χ3n) is 2.45. The van der Waals surface area contributed by atoms with Crippen molar-refractivity contribution in [2.75, 3.05) is 24.2 Å². The first-order valence-corrected chi connectivity index (χ1v) is 6.09. The van der Waals surface area contributed by atoms with Crippen molar-refractivity contribution in [1.82, 2.24) is 4.98 Å². The molecule has 0 fully saturated rings. The topological polar surface area (TPSA) is 42.2 Å². The lowest BCUT2D eigenvalue weighted by Gasteiger charge is -2.19. The molecule has 0 bridgehead atoms. The molecule has 2 N–H and O–H groups in total. The van der Waals surface area contributed by atoms with E-state index < -0.39 is 0 Å². The number of nitrogens with zero attached hydrogens (tertiary/aromatic N) is 2. The van der Waals surface area contributed by atoms with Gasteiger partial charge in [0, 0.05) is 24.7 Å². The number of hydrogen-bond donors (Lipinski definition) is 1. The van der Waals surface area contributed by atoms with Crippen LogP contribution in [-0.2, 0) is 6.42 Å². The molecule has 84 valence electrons. The molecule has 16 heavy (non-hydrogen) atoms. The van der Waals surface area contributed by atoms with Crippen LogP contribution in [0.2, 0.25) is 0 Å². The molecule has 0 aliphatic heterocycles. The van der Waals surface area contributed by atoms with Gasteiger partial charge in [-0.1, -0.05) is 6.07 Å². The highest BCUT2D eigenvalue weighted by atomic mass is 32.1. The van der Waals surface area contributed by atoms with Crippen LogP contribution in [0.1, 0.15) is 4.88 Å². The molecule has 0 atom stereocenters. The number of pyridine rings is 1. The molecule has 2 rings (SSSR count). The monoisotopic (exact) mass is 233 g/mol. The maximum Gasteiger partial charge on any atom is 0.151 e. The predicted octanol–water partition coefficient (Wildman–Crippen LogP) is 2.40. The molecule has 0 amide bonds. The summed E-state index contributed by atoms with van der Waals surface area (Å²) in [6.07, 6.45) is 2.80. The SMILES string of the molecule is CN(CCc1cccs1)c1ncccc1N. The summed E-state index contributed by atoms with van der Waals surface area (Å²) in [5.74, 6) is 0.860. The van der Waals surface area contributed by atoms with E-state index in [0.29, 0.717) is 0 Å². The Morgan fingerprint density at radius 2 is 2.25 bits per heavy atom. The largest absolute Gasteiger partial charge is 0.396 e. The Kier molecular flexibility index (Phi) is 3.41. The van der Waals surface area contributed by atoms with Gasteiger partial charge in [0.1, 0.15) is 0 Å². The van der Waals surface area contributed by atoms with Gasteiger partial charge in [0.05, 0.1) is 5.69 Å². The van der Waals surface area contributed by atoms with Crippen molar-refractivity contribution in [1.29, 1.82) is 0 Å². The van der Waals surface area contributed by atoms with Crippen LogP contribution < -0.4 is 10.6 Å². The zero-order chi connectivity index (χ0) is 11.4. The normalized spacial score (nSPS) is 10.3. The second-order valence-corrected chi connectivity index (χ2v) is 4.70. The molecule has 0 aliphatic carbocycles. The molecule has 2 heterocycles. The Morgan fingerprint density at radius 3 is 2.94 bits per heavy atom. The first-order chi connectivity index (χ1) is 7.77. The second kappa shape index (κ2) is 4.99. The summed E-state index contributed by atoms with van der Waals surface area (Å²) in [4.78, 5) is 7.76. The highest BCUT2D eigenvalue weighted by molar-refractivity contribution is 7.09. The van der Waals surface area contributed by atoms with Crippen LogP contribution >= 0.6 is 11.3 Å². The Balaban J connectivity index is 1.98. The Hall–Kier alpha value is -1.55. The van der Waals surface area contributed by atoms with Crippen LogP contribution in [0.4, 0.5) is 11.5 Å². The van der Waals surface area contributed by atoms with Crippen LogP contribution in [0.3, 0.4) is 0 Å². The van der Waals surface area contributed by atoms with E-state index in [0.717, 1.165) is 24.5 Å². The summed E-state index contributed by atoms with van der Waals surface area (Å²) in [6.45, 7) is 0.932. The van der Waals surface area contributed by atoms with E-state index in [4.69, 9.17) is 5.73 Å². The van der Waals surface area contributed by atoms with Crippen LogP contribution in [0.15, 0.2) is 35.8 Å². The van der Waals surface area contributed by atoms with E-state index in [1.165, 1.54) is 4.88 Å². The van der Waals surface area contributed by atoms with Gasteiger partial charge in [-0.05, 0) is 30.0 Å². The molecule has 0 aliphatic rings. The number of thiophene rings is 1. The Labute approximate surface area is 99.5 Å². The van der Waals surface area contributed by atoms with Crippen molar-refractivity contribution in [2.24, 2.45) is 0 Å². The van der Waals surface area contributed by atoms with Gasteiger partial charge in [0.2, 0.25) is 0 Å². The molecule has 0 unspecified atom stereocenters. The third kappa shape index (κ3) is 2.52. The first kappa shape index (κ1) is 11.0. The van der Waals surface area contributed by atoms with E-state index in [-0.39, 0.29) is 0 Å². The standard InChI is InChI=1S/C12H15N3S/c1-15(8-6-10-4-3-9-16-10)12-11(13)5-2-7-14-12/h2-5,7,9H,6,8,13H2,1H3. The number of nitrogens with two attached hydrogens (primary N) is 1. The van der Waals surface area contributed by atoms with Gasteiger partial charge in [-0.15, -0.1) is 11.3 Å². The molecule has 0 saturated heterocycles. The smallest absolute Gasteiger partial charge is 0.151 e. The van der Waals surface area contributed by atoms with Crippen molar-refractivity contribution in [3.8, 4) is 0 Å². The average Bonchev–Trinajstić information content (AvgIpc) is 2.79. The van der Waals surface area contributed by atoms with Gasteiger partial charge < -0.3 is 10.6 Å². The van der Waals surface area contributed by atoms with E-state index in [2.05, 4.69) is 27.4 Å². The highest BCUT2D eigenvalue weighted by Gasteiger charge is 2.06. The zero-order valence-electron chi connectivity index (χ0n) is 9.26. The van der Waals surface area contributed by atoms with Crippen molar-refractivity contribution >= 4 is 22.8 Å². The highest BCUT2D eigenvalue weighted by Crippen LogP contribution is 2.18. The lowest BCUT2D eigenvalue weighted by atomic mass is 10.3. The number of anilines is 2. The van der Waals surface area contributed by atoms with Crippen LogP contribution in [0, 0.1) is 0 Å². The van der Waals surface area contributed by atoms with Gasteiger partial charge >= 0.3 is 0 Å². The molecule has 2 aromatic rings. The van der Waals surface area contributed by atoms with Gasteiger partial charge in [0.25, 0.3) is 0 Å². The fourth-order valence-corrected chi connectivity index (χ4v) is 2.27. The maximum absolute atomic E-state index is 5.87. The van der Waals surface area contributed by atoms with Gasteiger partial charge in [0.15, 0.2) is 5.82 Å². The minimum Gasteiger partial charge on any atom is -0.396 e. The molecule has 4 heteroatoms. The molecule has 0 radical (unpaired) electrons. The molecule has 2 aromatic heterocycles. The summed E-state index contributed by atoms with van der Waals surface area (Å²) in [5.41, 5.74) is 6.60. The van der Waals surface area contributed by atoms with E-state index in [9.17, 15) is 0 Å². The van der Waals surface area contributed by atoms with Crippen molar-refractivity contribution < 1.29 is 0 Å². The van der Waals surface area contributed by atoms with E-state index in [1.807, 2.05) is 19.2 Å². The van der Waals surface area contributed by atoms with E-state index >= 15 is 0 Å². The molecule has 0 saturated carbocycles. The summed E-state index contributed by atoms with van der Waals surface area (Å²) in [5, 5.41) is 2.10. The summed E-state index contributed by atoms with van der Waals surface area (Å²) in [7, 11) is 2.02. The van der Waals surface area contributed by atoms with Crippen molar-refractivity contribution in [3.05, 3.63) is 40.7 Å². The van der Waals surface area contributed by atoms with Gasteiger partial charge in [-0.2, -0.15) is 0 Å². The minimum absolute atomic E-state index is 0.733. The minimum atomic E-state index is 0.733. The van der Waals surface area contributed by atoms with Crippen LogP contribution in [0.25, 0.3) is 0 Å². The van der Waals surface area contributed by atoms with Crippen LogP contribution in [-0.4, -0.2) is 18.6 Å². The number of nitrogen functional groups attached to an aromatic ring is 1. The lowest BCUT2D eigenvalue weighted by molar-refractivity contribution is 0.871. The number of hydrogen-bond acceptors (Lipinski definition) is 4. The zero-order valence-corrected chi connectivity index (χ0v) is 10.1. The quantitative estimate of drug-likeness (QED) is 0.881. The summed E-state index contributed by atoms with van der Waals surface area (Å²) >= 11 is 1.79. The molecular weight excluding hydrogens is 218 g/mol. The maximum atomic E-state index is 5.87. The molecule has 0 spiro atoms. The first-order valence-electron chi connectivity index (χ1n) is 5.21. The Bertz CT molecular complexity index is 439. The number of aromatic nitrogens is 1. The third-order valence-corrected chi connectivity index (χ3v) is 3.39.